The van der Waals surface area contributed by atoms with Crippen molar-refractivity contribution in [1.29, 1.82) is 0 Å². The van der Waals surface area contributed by atoms with Crippen molar-refractivity contribution in [3.63, 3.8) is 0 Å². The maximum absolute atomic E-state index is 5.78. The van der Waals surface area contributed by atoms with Crippen molar-refractivity contribution < 1.29 is 14.2 Å². The normalized spacial score (nSPS) is 25.4. The van der Waals surface area contributed by atoms with E-state index in [0.717, 1.165) is 84.6 Å². The van der Waals surface area contributed by atoms with E-state index < -0.39 is 0 Å². The highest BCUT2D eigenvalue weighted by molar-refractivity contribution is 14.0. The smallest absolute Gasteiger partial charge is 0.191 e. The van der Waals surface area contributed by atoms with Gasteiger partial charge in [0.1, 0.15) is 0 Å². The SMILES string of the molecule is CN=C(NCCCOCC1CCOC1)NCC1(N2CCOCC2)CCCCC1.I. The van der Waals surface area contributed by atoms with Gasteiger partial charge in [-0.05, 0) is 25.7 Å². The van der Waals surface area contributed by atoms with Crippen LogP contribution in [0.2, 0.25) is 0 Å². The lowest BCUT2D eigenvalue weighted by Crippen LogP contribution is -2.60. The molecular weight excluding hydrogens is 483 g/mol. The first-order chi connectivity index (χ1) is 13.8. The highest BCUT2D eigenvalue weighted by Gasteiger charge is 2.38. The highest BCUT2D eigenvalue weighted by Crippen LogP contribution is 2.33. The number of guanidine groups is 1. The molecule has 29 heavy (non-hydrogen) atoms. The summed E-state index contributed by atoms with van der Waals surface area (Å²) >= 11 is 0. The molecule has 2 heterocycles. The summed E-state index contributed by atoms with van der Waals surface area (Å²) in [4.78, 5) is 7.09. The van der Waals surface area contributed by atoms with Gasteiger partial charge in [0, 0.05) is 57.9 Å². The minimum atomic E-state index is 0. The molecule has 1 aliphatic carbocycles. The van der Waals surface area contributed by atoms with Gasteiger partial charge >= 0.3 is 0 Å². The lowest BCUT2D eigenvalue weighted by atomic mass is 9.80. The van der Waals surface area contributed by atoms with E-state index in [1.54, 1.807) is 0 Å². The zero-order chi connectivity index (χ0) is 19.5. The Balaban J connectivity index is 0.00000300. The second-order valence-corrected chi connectivity index (χ2v) is 8.40. The fraction of sp³-hybridized carbons (Fsp3) is 0.952. The molecule has 2 saturated heterocycles. The molecule has 3 rings (SSSR count). The maximum Gasteiger partial charge on any atom is 0.191 e. The van der Waals surface area contributed by atoms with Crippen molar-refractivity contribution in [2.75, 3.05) is 72.9 Å². The molecule has 0 spiro atoms. The zero-order valence-electron chi connectivity index (χ0n) is 18.1. The monoisotopic (exact) mass is 524 g/mol. The first-order valence-corrected chi connectivity index (χ1v) is 11.3. The fourth-order valence-electron chi connectivity index (χ4n) is 4.67. The number of hydrogen-bond donors (Lipinski definition) is 2. The topological polar surface area (TPSA) is 67.4 Å². The van der Waals surface area contributed by atoms with E-state index in [1.165, 1.54) is 32.1 Å². The van der Waals surface area contributed by atoms with E-state index in [4.69, 9.17) is 14.2 Å². The molecule has 0 aromatic heterocycles. The van der Waals surface area contributed by atoms with Crippen molar-refractivity contribution in [3.05, 3.63) is 0 Å². The quantitative estimate of drug-likeness (QED) is 0.209. The van der Waals surface area contributed by atoms with Crippen LogP contribution in [0, 0.1) is 5.92 Å². The number of aliphatic imine (C=N–C) groups is 1. The van der Waals surface area contributed by atoms with Crippen LogP contribution in [0.15, 0.2) is 4.99 Å². The van der Waals surface area contributed by atoms with Crippen LogP contribution in [0.25, 0.3) is 0 Å². The molecule has 2 N–H and O–H groups in total. The van der Waals surface area contributed by atoms with Gasteiger partial charge in [-0.25, -0.2) is 0 Å². The number of hydrogen-bond acceptors (Lipinski definition) is 5. The minimum Gasteiger partial charge on any atom is -0.381 e. The Morgan fingerprint density at radius 2 is 1.90 bits per heavy atom. The summed E-state index contributed by atoms with van der Waals surface area (Å²) in [5.41, 5.74) is 0.256. The molecule has 0 radical (unpaired) electrons. The number of halogens is 1. The molecule has 2 aliphatic heterocycles. The first kappa shape index (κ1) is 25.1. The van der Waals surface area contributed by atoms with E-state index in [2.05, 4.69) is 20.5 Å². The van der Waals surface area contributed by atoms with Crippen LogP contribution in [0.4, 0.5) is 0 Å². The van der Waals surface area contributed by atoms with E-state index >= 15 is 0 Å². The molecule has 0 aromatic rings. The van der Waals surface area contributed by atoms with Crippen molar-refractivity contribution in [1.82, 2.24) is 15.5 Å². The van der Waals surface area contributed by atoms with Gasteiger partial charge in [-0.2, -0.15) is 0 Å². The second kappa shape index (κ2) is 14.0. The van der Waals surface area contributed by atoms with E-state index in [0.29, 0.717) is 5.92 Å². The standard InChI is InChI=1S/C21H40N4O3.HI/c1-22-20(23-9-5-12-27-16-19-6-13-28-17-19)24-18-21(7-3-2-4-8-21)25-10-14-26-15-11-25;/h19H,2-18H2,1H3,(H2,22,23,24);1H. The molecule has 8 heteroatoms. The predicted molar refractivity (Wildman–Crippen MR) is 127 cm³/mol. The molecule has 170 valence electrons. The van der Waals surface area contributed by atoms with Gasteiger partial charge in [-0.1, -0.05) is 19.3 Å². The van der Waals surface area contributed by atoms with Crippen LogP contribution >= 0.6 is 24.0 Å². The average molecular weight is 524 g/mol. The third-order valence-corrected chi connectivity index (χ3v) is 6.41. The van der Waals surface area contributed by atoms with Crippen LogP contribution < -0.4 is 10.6 Å². The van der Waals surface area contributed by atoms with Crippen LogP contribution in [0.1, 0.15) is 44.9 Å². The molecular formula is C21H41IN4O3. The number of rotatable bonds is 9. The van der Waals surface area contributed by atoms with Gasteiger partial charge in [0.05, 0.1) is 26.4 Å². The van der Waals surface area contributed by atoms with Gasteiger partial charge < -0.3 is 24.8 Å². The summed E-state index contributed by atoms with van der Waals surface area (Å²) in [6, 6.07) is 0. The average Bonchev–Trinajstić information content (AvgIpc) is 3.27. The Kier molecular flexibility index (Phi) is 12.1. The van der Waals surface area contributed by atoms with Crippen LogP contribution in [0.3, 0.4) is 0 Å². The summed E-state index contributed by atoms with van der Waals surface area (Å²) in [7, 11) is 1.86. The lowest BCUT2D eigenvalue weighted by Gasteiger charge is -2.48. The fourth-order valence-corrected chi connectivity index (χ4v) is 4.67. The first-order valence-electron chi connectivity index (χ1n) is 11.3. The molecule has 0 aromatic carbocycles. The van der Waals surface area contributed by atoms with Gasteiger partial charge in [-0.15, -0.1) is 24.0 Å². The number of ether oxygens (including phenoxy) is 3. The summed E-state index contributed by atoms with van der Waals surface area (Å²) in [6.07, 6.45) is 8.70. The second-order valence-electron chi connectivity index (χ2n) is 8.40. The van der Waals surface area contributed by atoms with Crippen LogP contribution in [-0.4, -0.2) is 89.3 Å². The number of morpholine rings is 1. The Morgan fingerprint density at radius 1 is 1.10 bits per heavy atom. The molecule has 1 atom stereocenters. The molecule has 1 saturated carbocycles. The Morgan fingerprint density at radius 3 is 2.59 bits per heavy atom. The van der Waals surface area contributed by atoms with E-state index in [-0.39, 0.29) is 29.5 Å². The maximum atomic E-state index is 5.78. The Hall–Kier alpha value is -0.160. The summed E-state index contributed by atoms with van der Waals surface area (Å²) in [5, 5.41) is 7.06. The summed E-state index contributed by atoms with van der Waals surface area (Å²) < 4.78 is 16.8. The van der Waals surface area contributed by atoms with E-state index in [9.17, 15) is 0 Å². The van der Waals surface area contributed by atoms with Gasteiger partial charge in [0.15, 0.2) is 5.96 Å². The Bertz CT molecular complexity index is 463. The molecule has 0 bridgehead atoms. The van der Waals surface area contributed by atoms with Gasteiger partial charge in [0.25, 0.3) is 0 Å². The van der Waals surface area contributed by atoms with Crippen LogP contribution in [0.5, 0.6) is 0 Å². The minimum absolute atomic E-state index is 0. The third kappa shape index (κ3) is 8.12. The Labute approximate surface area is 193 Å². The molecule has 7 nitrogen and oxygen atoms in total. The molecule has 0 amide bonds. The largest absolute Gasteiger partial charge is 0.381 e. The van der Waals surface area contributed by atoms with E-state index in [1.807, 2.05) is 7.05 Å². The van der Waals surface area contributed by atoms with Crippen molar-refractivity contribution in [2.24, 2.45) is 10.9 Å². The lowest BCUT2D eigenvalue weighted by molar-refractivity contribution is -0.0352. The van der Waals surface area contributed by atoms with Crippen LogP contribution in [-0.2, 0) is 14.2 Å². The predicted octanol–water partition coefficient (Wildman–Crippen LogP) is 2.25. The summed E-state index contributed by atoms with van der Waals surface area (Å²) in [6.45, 7) is 9.05. The molecule has 3 aliphatic rings. The summed E-state index contributed by atoms with van der Waals surface area (Å²) in [5.74, 6) is 1.50. The highest BCUT2D eigenvalue weighted by atomic mass is 127. The van der Waals surface area contributed by atoms with Gasteiger partial charge in [-0.3, -0.25) is 9.89 Å². The molecule has 3 fully saturated rings. The number of nitrogens with one attached hydrogen (secondary N) is 2. The van der Waals surface area contributed by atoms with Crippen molar-refractivity contribution >= 4 is 29.9 Å². The zero-order valence-corrected chi connectivity index (χ0v) is 20.5. The van der Waals surface area contributed by atoms with Crippen molar-refractivity contribution in [3.8, 4) is 0 Å². The van der Waals surface area contributed by atoms with Gasteiger partial charge in [0.2, 0.25) is 0 Å². The molecule has 1 unspecified atom stereocenters. The third-order valence-electron chi connectivity index (χ3n) is 6.41. The van der Waals surface area contributed by atoms with Crippen molar-refractivity contribution in [2.45, 2.75) is 50.5 Å². The number of nitrogens with zero attached hydrogens (tertiary/aromatic N) is 2.